The molecule has 0 saturated heterocycles. The summed E-state index contributed by atoms with van der Waals surface area (Å²) < 4.78 is 18.0. The van der Waals surface area contributed by atoms with Gasteiger partial charge in [0.15, 0.2) is 5.78 Å². The van der Waals surface area contributed by atoms with Crippen molar-refractivity contribution >= 4 is 17.7 Å². The molecule has 0 unspecified atom stereocenters. The highest BCUT2D eigenvalue weighted by molar-refractivity contribution is 6.06. The smallest absolute Gasteiger partial charge is 0.338 e. The maximum atomic E-state index is 14.1. The molecule has 1 saturated carbocycles. The number of ketones is 1. The van der Waals surface area contributed by atoms with Crippen molar-refractivity contribution in [1.82, 2.24) is 0 Å². The molecule has 210 valence electrons. The van der Waals surface area contributed by atoms with Crippen molar-refractivity contribution in [1.29, 1.82) is 0 Å². The number of carbonyl (C=O) groups excluding carboxylic acids is 2. The van der Waals surface area contributed by atoms with Gasteiger partial charge in [-0.05, 0) is 56.9 Å². The van der Waals surface area contributed by atoms with Gasteiger partial charge in [-0.15, -0.1) is 0 Å². The van der Waals surface area contributed by atoms with Crippen LogP contribution in [0, 0.1) is 11.8 Å². The minimum absolute atomic E-state index is 0.143. The lowest BCUT2D eigenvalue weighted by molar-refractivity contribution is -0.144. The van der Waals surface area contributed by atoms with Gasteiger partial charge >= 0.3 is 11.9 Å². The van der Waals surface area contributed by atoms with Crippen molar-refractivity contribution < 1.29 is 33.7 Å². The van der Waals surface area contributed by atoms with Gasteiger partial charge in [-0.2, -0.15) is 0 Å². The summed E-state index contributed by atoms with van der Waals surface area (Å²) in [6.45, 7) is 5.61. The molecule has 1 fully saturated rings. The SMILES string of the molecule is CC(C)(C)OC(=O)c1cc(OCc2ccccc2)c(C(=O)[C@H]2CCCC[C@@H]2C(=O)O)c(OCc2ccccc2)c1. The quantitative estimate of drug-likeness (QED) is 0.220. The van der Waals surface area contributed by atoms with Crippen LogP contribution in [-0.2, 0) is 22.7 Å². The van der Waals surface area contributed by atoms with Gasteiger partial charge in [-0.1, -0.05) is 73.5 Å². The monoisotopic (exact) mass is 544 g/mol. The van der Waals surface area contributed by atoms with Crippen molar-refractivity contribution in [3.8, 4) is 11.5 Å². The van der Waals surface area contributed by atoms with Crippen LogP contribution in [-0.4, -0.2) is 28.4 Å². The number of carboxylic acids is 1. The van der Waals surface area contributed by atoms with Gasteiger partial charge in [-0.3, -0.25) is 9.59 Å². The van der Waals surface area contributed by atoms with Crippen LogP contribution in [0.25, 0.3) is 0 Å². The predicted octanol–water partition coefficient (Wildman–Crippen LogP) is 6.87. The third-order valence-corrected chi connectivity index (χ3v) is 6.84. The standard InChI is InChI=1S/C33H36O7/c1-33(2,3)40-32(37)24-18-27(38-20-22-12-6-4-7-13-22)29(28(19-24)39-21-23-14-8-5-9-15-23)30(34)25-16-10-11-17-26(25)31(35)36/h4-9,12-15,18-19,25-26H,10-11,16-17,20-21H2,1-3H3,(H,35,36)/t25-,26-/m0/s1. The van der Waals surface area contributed by atoms with Crippen LogP contribution in [0.15, 0.2) is 72.8 Å². The molecule has 0 radical (unpaired) electrons. The first kappa shape index (κ1) is 28.9. The molecule has 0 aliphatic heterocycles. The van der Waals surface area contributed by atoms with Crippen molar-refractivity contribution in [2.24, 2.45) is 11.8 Å². The van der Waals surface area contributed by atoms with E-state index in [0.717, 1.165) is 24.0 Å². The summed E-state index contributed by atoms with van der Waals surface area (Å²) in [6.07, 6.45) is 2.41. The maximum absolute atomic E-state index is 14.1. The largest absolute Gasteiger partial charge is 0.488 e. The Hall–Kier alpha value is -4.13. The van der Waals surface area contributed by atoms with E-state index in [-0.39, 0.29) is 41.6 Å². The summed E-state index contributed by atoms with van der Waals surface area (Å²) in [7, 11) is 0. The molecule has 0 amide bonds. The number of rotatable bonds is 10. The first-order valence-corrected chi connectivity index (χ1v) is 13.6. The summed E-state index contributed by atoms with van der Waals surface area (Å²) in [6, 6.07) is 21.9. The second-order valence-electron chi connectivity index (χ2n) is 11.1. The van der Waals surface area contributed by atoms with Crippen molar-refractivity contribution in [3.05, 3.63) is 95.1 Å². The van der Waals surface area contributed by atoms with E-state index in [9.17, 15) is 19.5 Å². The minimum atomic E-state index is -0.984. The summed E-state index contributed by atoms with van der Waals surface area (Å²) in [5, 5.41) is 9.90. The van der Waals surface area contributed by atoms with Crippen molar-refractivity contribution in [3.63, 3.8) is 0 Å². The van der Waals surface area contributed by atoms with Gasteiger partial charge < -0.3 is 19.3 Å². The van der Waals surface area contributed by atoms with Crippen molar-refractivity contribution in [2.75, 3.05) is 0 Å². The molecule has 7 nitrogen and oxygen atoms in total. The minimum Gasteiger partial charge on any atom is -0.488 e. The summed E-state index contributed by atoms with van der Waals surface area (Å²) in [5.74, 6) is -3.12. The molecule has 2 atom stereocenters. The average Bonchev–Trinajstić information content (AvgIpc) is 2.94. The van der Waals surface area contributed by atoms with E-state index >= 15 is 0 Å². The molecule has 3 aromatic rings. The topological polar surface area (TPSA) is 99.1 Å². The van der Waals surface area contributed by atoms with E-state index < -0.39 is 29.4 Å². The van der Waals surface area contributed by atoms with Crippen LogP contribution in [0.2, 0.25) is 0 Å². The maximum Gasteiger partial charge on any atom is 0.338 e. The molecule has 3 aromatic carbocycles. The number of ether oxygens (including phenoxy) is 3. The average molecular weight is 545 g/mol. The van der Waals surface area contributed by atoms with Gasteiger partial charge in [-0.25, -0.2) is 4.79 Å². The Morgan fingerprint density at radius 1 is 0.775 bits per heavy atom. The second kappa shape index (κ2) is 12.8. The summed E-state index contributed by atoms with van der Waals surface area (Å²) in [5.41, 5.74) is 1.33. The molecule has 1 N–H and O–H groups in total. The zero-order valence-corrected chi connectivity index (χ0v) is 23.2. The molecule has 0 aromatic heterocycles. The van der Waals surface area contributed by atoms with Gasteiger partial charge in [0.1, 0.15) is 35.9 Å². The number of hydrogen-bond donors (Lipinski definition) is 1. The zero-order chi connectivity index (χ0) is 28.7. The van der Waals surface area contributed by atoms with E-state index in [1.165, 1.54) is 12.1 Å². The first-order chi connectivity index (χ1) is 19.1. The van der Waals surface area contributed by atoms with Crippen LogP contribution < -0.4 is 9.47 Å². The number of carboxylic acid groups (broad SMARTS) is 1. The Morgan fingerprint density at radius 2 is 1.25 bits per heavy atom. The lowest BCUT2D eigenvalue weighted by Crippen LogP contribution is -2.33. The molecular weight excluding hydrogens is 508 g/mol. The highest BCUT2D eigenvalue weighted by atomic mass is 16.6. The highest BCUT2D eigenvalue weighted by Gasteiger charge is 2.39. The molecule has 1 aliphatic rings. The molecule has 7 heteroatoms. The fraction of sp³-hybridized carbons (Fsp3) is 0.364. The van der Waals surface area contributed by atoms with Gasteiger partial charge in [0.25, 0.3) is 0 Å². The van der Waals surface area contributed by atoms with Crippen LogP contribution in [0.4, 0.5) is 0 Å². The normalized spacial score (nSPS) is 17.1. The number of benzene rings is 3. The first-order valence-electron chi connectivity index (χ1n) is 13.6. The summed E-state index contributed by atoms with van der Waals surface area (Å²) >= 11 is 0. The molecule has 40 heavy (non-hydrogen) atoms. The third kappa shape index (κ3) is 7.50. The Bertz CT molecular complexity index is 1260. The Kier molecular flexibility index (Phi) is 9.25. The second-order valence-corrected chi connectivity index (χ2v) is 11.1. The zero-order valence-electron chi connectivity index (χ0n) is 23.2. The molecule has 0 spiro atoms. The van der Waals surface area contributed by atoms with E-state index in [2.05, 4.69) is 0 Å². The van der Waals surface area contributed by atoms with E-state index in [1.54, 1.807) is 20.8 Å². The van der Waals surface area contributed by atoms with Crippen molar-refractivity contribution in [2.45, 2.75) is 65.3 Å². The lowest BCUT2D eigenvalue weighted by atomic mass is 9.75. The van der Waals surface area contributed by atoms with Crippen LogP contribution in [0.5, 0.6) is 11.5 Å². The van der Waals surface area contributed by atoms with Gasteiger partial charge in [0, 0.05) is 5.92 Å². The molecule has 1 aliphatic carbocycles. The Balaban J connectivity index is 1.80. The Labute approximate surface area is 235 Å². The van der Waals surface area contributed by atoms with Gasteiger partial charge in [0.2, 0.25) is 0 Å². The molecule has 0 heterocycles. The molecule has 4 rings (SSSR count). The van der Waals surface area contributed by atoms with E-state index in [0.29, 0.717) is 12.8 Å². The molecular formula is C33H36O7. The number of carbonyl (C=O) groups is 3. The van der Waals surface area contributed by atoms with Crippen LogP contribution in [0.3, 0.4) is 0 Å². The van der Waals surface area contributed by atoms with E-state index in [4.69, 9.17) is 14.2 Å². The lowest BCUT2D eigenvalue weighted by Gasteiger charge is -2.29. The molecule has 0 bridgehead atoms. The summed E-state index contributed by atoms with van der Waals surface area (Å²) in [4.78, 5) is 39.4. The fourth-order valence-corrected chi connectivity index (χ4v) is 4.91. The highest BCUT2D eigenvalue weighted by Crippen LogP contribution is 2.40. The number of hydrogen-bond acceptors (Lipinski definition) is 6. The number of Topliss-reactive ketones (excluding diaryl/α,β-unsaturated/α-hetero) is 1. The number of esters is 1. The fourth-order valence-electron chi connectivity index (χ4n) is 4.91. The van der Waals surface area contributed by atoms with Crippen LogP contribution in [0.1, 0.15) is 78.3 Å². The van der Waals surface area contributed by atoms with Crippen LogP contribution >= 0.6 is 0 Å². The Morgan fingerprint density at radius 3 is 1.70 bits per heavy atom. The number of aliphatic carboxylic acids is 1. The third-order valence-electron chi connectivity index (χ3n) is 6.84. The predicted molar refractivity (Wildman–Crippen MR) is 151 cm³/mol. The van der Waals surface area contributed by atoms with Gasteiger partial charge in [0.05, 0.1) is 11.5 Å². The van der Waals surface area contributed by atoms with E-state index in [1.807, 2.05) is 60.7 Å².